The van der Waals surface area contributed by atoms with Gasteiger partial charge in [0.25, 0.3) is 5.91 Å². The molecule has 0 bridgehead atoms. The predicted molar refractivity (Wildman–Crippen MR) is 96.8 cm³/mol. The van der Waals surface area contributed by atoms with Crippen LogP contribution >= 0.6 is 0 Å². The van der Waals surface area contributed by atoms with Gasteiger partial charge in [-0.3, -0.25) is 15.0 Å². The minimum absolute atomic E-state index is 0.0369. The molecule has 28 heavy (non-hydrogen) atoms. The Bertz CT molecular complexity index is 740. The number of nitrogens with one attached hydrogen (secondary N) is 4. The molecule has 0 aliphatic heterocycles. The van der Waals surface area contributed by atoms with E-state index < -0.39 is 48.0 Å². The van der Waals surface area contributed by atoms with Crippen molar-refractivity contribution >= 4 is 23.7 Å². The Kier molecular flexibility index (Phi) is 8.49. The van der Waals surface area contributed by atoms with Gasteiger partial charge in [-0.2, -0.15) is 0 Å². The summed E-state index contributed by atoms with van der Waals surface area (Å²) in [6.07, 6.45) is 0.316. The number of carboxylic acid groups (broad SMARTS) is 1. The number of aromatic hydroxyl groups is 2. The van der Waals surface area contributed by atoms with E-state index in [1.54, 1.807) is 0 Å². The zero-order valence-corrected chi connectivity index (χ0v) is 14.8. The fraction of sp³-hybridized carbons (Fsp3) is 0.375. The van der Waals surface area contributed by atoms with Crippen molar-refractivity contribution in [1.82, 2.24) is 16.0 Å². The number of aliphatic hydroxyl groups excluding tert-OH is 1. The Balaban J connectivity index is 2.90. The third kappa shape index (κ3) is 6.64. The maximum atomic E-state index is 12.4. The summed E-state index contributed by atoms with van der Waals surface area (Å²) in [5.41, 5.74) is 4.87. The van der Waals surface area contributed by atoms with Crippen molar-refractivity contribution < 1.29 is 34.8 Å². The van der Waals surface area contributed by atoms with Gasteiger partial charge in [-0.15, -0.1) is 0 Å². The maximum absolute atomic E-state index is 12.4. The first kappa shape index (κ1) is 22.5. The quantitative estimate of drug-likeness (QED) is 0.0923. The molecule has 0 aliphatic rings. The highest BCUT2D eigenvalue weighted by molar-refractivity contribution is 6.00. The summed E-state index contributed by atoms with van der Waals surface area (Å²) >= 11 is 0. The summed E-state index contributed by atoms with van der Waals surface area (Å²) < 4.78 is 0. The molecule has 0 heterocycles. The Labute approximate surface area is 159 Å². The van der Waals surface area contributed by atoms with Crippen molar-refractivity contribution in [1.29, 1.82) is 5.41 Å². The third-order valence-electron chi connectivity index (χ3n) is 3.66. The zero-order valence-electron chi connectivity index (χ0n) is 14.8. The highest BCUT2D eigenvalue weighted by Gasteiger charge is 2.27. The summed E-state index contributed by atoms with van der Waals surface area (Å²) in [5.74, 6) is -4.66. The number of aliphatic hydroxyl groups is 1. The van der Waals surface area contributed by atoms with Crippen LogP contribution < -0.4 is 21.7 Å². The van der Waals surface area contributed by atoms with Crippen LogP contribution in [0.3, 0.4) is 0 Å². The molecular weight excluding hydrogens is 374 g/mol. The first-order valence-corrected chi connectivity index (χ1v) is 8.21. The van der Waals surface area contributed by atoms with E-state index in [9.17, 15) is 24.6 Å². The summed E-state index contributed by atoms with van der Waals surface area (Å²) in [7, 11) is 0. The number of amides is 2. The number of phenols is 2. The van der Waals surface area contributed by atoms with Crippen LogP contribution in [0.5, 0.6) is 11.5 Å². The second-order valence-corrected chi connectivity index (χ2v) is 5.76. The number of para-hydroxylation sites is 1. The number of carbonyl (C=O) groups is 3. The first-order chi connectivity index (χ1) is 13.2. The largest absolute Gasteiger partial charge is 0.504 e. The molecule has 2 atom stereocenters. The highest BCUT2D eigenvalue weighted by Crippen LogP contribution is 2.28. The summed E-state index contributed by atoms with van der Waals surface area (Å²) in [6, 6.07) is 0.947. The number of benzene rings is 1. The maximum Gasteiger partial charge on any atom is 0.328 e. The molecule has 1 aromatic rings. The number of carbonyl (C=O) groups excluding carboxylic acids is 2. The van der Waals surface area contributed by atoms with Crippen molar-refractivity contribution in [2.24, 2.45) is 5.73 Å². The number of rotatable bonds is 10. The molecule has 2 amide bonds. The van der Waals surface area contributed by atoms with Crippen molar-refractivity contribution in [2.75, 3.05) is 13.2 Å². The van der Waals surface area contributed by atoms with Gasteiger partial charge in [0.1, 0.15) is 12.1 Å². The van der Waals surface area contributed by atoms with Crippen molar-refractivity contribution in [2.45, 2.75) is 24.9 Å². The minimum atomic E-state index is -1.56. The van der Waals surface area contributed by atoms with Crippen molar-refractivity contribution in [3.63, 3.8) is 0 Å². The van der Waals surface area contributed by atoms with Gasteiger partial charge in [-0.25, -0.2) is 4.79 Å². The van der Waals surface area contributed by atoms with E-state index in [-0.39, 0.29) is 30.9 Å². The molecule has 12 nitrogen and oxygen atoms in total. The average molecular weight is 397 g/mol. The van der Waals surface area contributed by atoms with Crippen LogP contribution in [-0.2, 0) is 9.59 Å². The lowest BCUT2D eigenvalue weighted by atomic mass is 10.1. The standard InChI is InChI=1S/C16H23N5O7/c17-16(18)19-6-2-4-9(14(26)21-10(7-22)15(27)28)20-13(25)8-3-1-5-11(23)12(8)24/h1,3,5,9-10,22-24H,2,4,6-7H2,(H,20,25)(H,21,26)(H,27,28)(H4,17,18,19)/t9-,10?/m0/s1. The lowest BCUT2D eigenvalue weighted by Gasteiger charge is -2.21. The summed E-state index contributed by atoms with van der Waals surface area (Å²) in [6.45, 7) is -0.629. The zero-order chi connectivity index (χ0) is 21.3. The molecule has 0 spiro atoms. The van der Waals surface area contributed by atoms with E-state index in [2.05, 4.69) is 16.0 Å². The molecule has 154 valence electrons. The molecule has 0 saturated heterocycles. The lowest BCUT2D eigenvalue weighted by Crippen LogP contribution is -2.52. The van der Waals surface area contributed by atoms with Gasteiger partial charge in [0.05, 0.1) is 12.2 Å². The molecule has 0 fully saturated rings. The van der Waals surface area contributed by atoms with Gasteiger partial charge in [0, 0.05) is 6.54 Å². The highest BCUT2D eigenvalue weighted by atomic mass is 16.4. The second-order valence-electron chi connectivity index (χ2n) is 5.76. The van der Waals surface area contributed by atoms with E-state index in [0.29, 0.717) is 0 Å². The topological polar surface area (TPSA) is 218 Å². The molecular formula is C16H23N5O7. The number of guanidine groups is 1. The second kappa shape index (κ2) is 10.6. The van der Waals surface area contributed by atoms with Crippen LogP contribution in [0.2, 0.25) is 0 Å². The van der Waals surface area contributed by atoms with Crippen LogP contribution in [-0.4, -0.2) is 69.4 Å². The fourth-order valence-electron chi connectivity index (χ4n) is 2.21. The van der Waals surface area contributed by atoms with Gasteiger partial charge in [-0.1, -0.05) is 6.07 Å². The minimum Gasteiger partial charge on any atom is -0.504 e. The molecule has 1 aromatic carbocycles. The van der Waals surface area contributed by atoms with Crippen LogP contribution in [0.4, 0.5) is 0 Å². The SMILES string of the molecule is N=C(N)NCCC[C@H](NC(=O)c1cccc(O)c1O)C(=O)NC(CO)C(=O)O. The van der Waals surface area contributed by atoms with E-state index in [4.69, 9.17) is 21.4 Å². The van der Waals surface area contributed by atoms with Crippen LogP contribution in [0.1, 0.15) is 23.2 Å². The van der Waals surface area contributed by atoms with Crippen LogP contribution in [0, 0.1) is 5.41 Å². The predicted octanol–water partition coefficient (Wildman–Crippen LogP) is -1.98. The fourth-order valence-corrected chi connectivity index (χ4v) is 2.21. The monoisotopic (exact) mass is 397 g/mol. The van der Waals surface area contributed by atoms with Gasteiger partial charge in [0.15, 0.2) is 17.5 Å². The Morgan fingerprint density at radius 1 is 1.14 bits per heavy atom. The molecule has 0 radical (unpaired) electrons. The molecule has 0 aliphatic carbocycles. The molecule has 1 rings (SSSR count). The number of hydrogen-bond acceptors (Lipinski definition) is 7. The Hall–Kier alpha value is -3.54. The van der Waals surface area contributed by atoms with Gasteiger partial charge in [0.2, 0.25) is 5.91 Å². The van der Waals surface area contributed by atoms with E-state index >= 15 is 0 Å². The normalized spacial score (nSPS) is 12.5. The third-order valence-corrected chi connectivity index (χ3v) is 3.66. The molecule has 10 N–H and O–H groups in total. The molecule has 0 saturated carbocycles. The van der Waals surface area contributed by atoms with E-state index in [0.717, 1.165) is 0 Å². The molecule has 1 unspecified atom stereocenters. The summed E-state index contributed by atoms with van der Waals surface area (Å²) in [5, 5.41) is 51.3. The Morgan fingerprint density at radius 2 is 1.82 bits per heavy atom. The van der Waals surface area contributed by atoms with Gasteiger partial charge in [-0.05, 0) is 25.0 Å². The lowest BCUT2D eigenvalue weighted by molar-refractivity contribution is -0.143. The molecule has 0 aromatic heterocycles. The average Bonchev–Trinajstić information content (AvgIpc) is 2.63. The van der Waals surface area contributed by atoms with E-state index in [1.165, 1.54) is 18.2 Å². The van der Waals surface area contributed by atoms with Crippen molar-refractivity contribution in [3.8, 4) is 11.5 Å². The molecule has 12 heteroatoms. The number of carboxylic acids is 1. The first-order valence-electron chi connectivity index (χ1n) is 8.21. The number of hydrogen-bond donors (Lipinski definition) is 9. The van der Waals surface area contributed by atoms with Crippen LogP contribution in [0.15, 0.2) is 18.2 Å². The smallest absolute Gasteiger partial charge is 0.328 e. The van der Waals surface area contributed by atoms with Gasteiger partial charge >= 0.3 is 5.97 Å². The summed E-state index contributed by atoms with van der Waals surface area (Å²) in [4.78, 5) is 35.7. The van der Waals surface area contributed by atoms with Crippen LogP contribution in [0.25, 0.3) is 0 Å². The number of aliphatic carboxylic acids is 1. The van der Waals surface area contributed by atoms with Crippen molar-refractivity contribution in [3.05, 3.63) is 23.8 Å². The Morgan fingerprint density at radius 3 is 2.39 bits per heavy atom. The van der Waals surface area contributed by atoms with E-state index in [1.807, 2.05) is 0 Å². The number of nitrogens with two attached hydrogens (primary N) is 1. The van der Waals surface area contributed by atoms with Gasteiger partial charge < -0.3 is 42.1 Å². The number of phenolic OH excluding ortho intramolecular Hbond substituents is 2.